The Hall–Kier alpha value is -3.97. The molecule has 0 aromatic heterocycles. The average Bonchev–Trinajstić information content (AvgIpc) is 3.00. The van der Waals surface area contributed by atoms with Crippen LogP contribution in [-0.2, 0) is 29.7 Å². The molecule has 3 aromatic rings. The number of nitrogens with zero attached hydrogens (tertiary/aromatic N) is 1. The van der Waals surface area contributed by atoms with E-state index in [1.165, 1.54) is 12.1 Å². The molecule has 1 heterocycles. The molecule has 1 fully saturated rings. The zero-order valence-corrected chi connectivity index (χ0v) is 27.7. The monoisotopic (exact) mass is 666 g/mol. The summed E-state index contributed by atoms with van der Waals surface area (Å²) in [6.45, 7) is 14.8. The maximum atomic E-state index is 13.5. The number of carbonyl (C=O) groups excluding carboxylic acids is 1. The SMILES string of the molecule is C=C(C)C(=O)OC1CCC(NS(=O)(=O)c2ccc(C3=c4ccc(=C)cc4Oc4cc(N(CC)CC)ccc43)c(S(=O)(=O)O)c2)CC1. The molecule has 1 aliphatic heterocycles. The largest absolute Gasteiger partial charge is 0.459 e. The van der Waals surface area contributed by atoms with Crippen LogP contribution in [0.3, 0.4) is 0 Å². The zero-order chi connectivity index (χ0) is 33.4. The highest BCUT2D eigenvalue weighted by molar-refractivity contribution is 7.89. The highest BCUT2D eigenvalue weighted by atomic mass is 32.2. The van der Waals surface area contributed by atoms with E-state index in [9.17, 15) is 26.2 Å². The minimum absolute atomic E-state index is 0.125. The number of hydrogen-bond donors (Lipinski definition) is 2. The molecule has 2 aliphatic rings. The first-order chi connectivity index (χ1) is 21.7. The molecule has 244 valence electrons. The second kappa shape index (κ2) is 13.0. The van der Waals surface area contributed by atoms with Gasteiger partial charge >= 0.3 is 5.97 Å². The van der Waals surface area contributed by atoms with Crippen LogP contribution in [0.25, 0.3) is 12.2 Å². The molecule has 46 heavy (non-hydrogen) atoms. The predicted molar refractivity (Wildman–Crippen MR) is 176 cm³/mol. The molecule has 1 aliphatic carbocycles. The number of benzene rings is 3. The van der Waals surface area contributed by atoms with Crippen LogP contribution < -0.4 is 24.8 Å². The van der Waals surface area contributed by atoms with E-state index in [1.807, 2.05) is 32.0 Å². The number of esters is 1. The van der Waals surface area contributed by atoms with E-state index in [2.05, 4.69) is 22.8 Å². The highest BCUT2D eigenvalue weighted by Gasteiger charge is 2.31. The standard InChI is InChI=1S/C34H38N2O8S2/c1-6-36(7-2)24-11-16-28-31(19-24)44-30-18-22(5)8-15-27(30)33(28)29-17-14-26(20-32(29)46(40,41)42)45(38,39)35-23-9-12-25(13-10-23)43-34(37)21(3)4/h8,11,14-20,23,25,35H,3,5-7,9-10,12-13H2,1-2,4H3,(H,40,41,42). The molecule has 0 amide bonds. The van der Waals surface area contributed by atoms with Crippen LogP contribution in [0, 0.1) is 0 Å². The number of nitrogens with one attached hydrogen (secondary N) is 1. The van der Waals surface area contributed by atoms with Crippen LogP contribution in [0.5, 0.6) is 11.5 Å². The van der Waals surface area contributed by atoms with Crippen molar-refractivity contribution in [3.63, 3.8) is 0 Å². The summed E-state index contributed by atoms with van der Waals surface area (Å²) in [5.74, 6) is 0.461. The summed E-state index contributed by atoms with van der Waals surface area (Å²) in [6, 6.07) is 14.2. The first-order valence-electron chi connectivity index (χ1n) is 15.1. The Labute approximate surface area is 269 Å². The van der Waals surface area contributed by atoms with Crippen molar-refractivity contribution < 1.29 is 35.7 Å². The van der Waals surface area contributed by atoms with Crippen molar-refractivity contribution >= 4 is 44.0 Å². The predicted octanol–water partition coefficient (Wildman–Crippen LogP) is 4.25. The van der Waals surface area contributed by atoms with Gasteiger partial charge < -0.3 is 14.4 Å². The lowest BCUT2D eigenvalue weighted by Gasteiger charge is -2.29. The summed E-state index contributed by atoms with van der Waals surface area (Å²) in [5.41, 5.74) is 2.39. The Kier molecular flexibility index (Phi) is 9.46. The lowest BCUT2D eigenvalue weighted by molar-refractivity contribution is -0.145. The van der Waals surface area contributed by atoms with Gasteiger partial charge in [-0.3, -0.25) is 4.55 Å². The summed E-state index contributed by atoms with van der Waals surface area (Å²) >= 11 is 0. The maximum Gasteiger partial charge on any atom is 0.333 e. The van der Waals surface area contributed by atoms with Gasteiger partial charge in [-0.1, -0.05) is 31.4 Å². The number of ether oxygens (including phenoxy) is 2. The molecule has 0 atom stereocenters. The first kappa shape index (κ1) is 33.4. The van der Waals surface area contributed by atoms with Gasteiger partial charge in [0.15, 0.2) is 0 Å². The van der Waals surface area contributed by atoms with Gasteiger partial charge in [0.05, 0.1) is 4.90 Å². The third-order valence-electron chi connectivity index (χ3n) is 8.33. The summed E-state index contributed by atoms with van der Waals surface area (Å²) in [6.07, 6.45) is 1.44. The van der Waals surface area contributed by atoms with E-state index in [0.29, 0.717) is 64.3 Å². The zero-order valence-electron chi connectivity index (χ0n) is 26.1. The molecule has 0 spiro atoms. The maximum absolute atomic E-state index is 13.5. The van der Waals surface area contributed by atoms with Gasteiger partial charge in [0.25, 0.3) is 10.1 Å². The van der Waals surface area contributed by atoms with Gasteiger partial charge in [0.2, 0.25) is 10.0 Å². The molecule has 1 saturated carbocycles. The van der Waals surface area contributed by atoms with Crippen molar-refractivity contribution in [2.45, 2.75) is 68.4 Å². The topological polar surface area (TPSA) is 139 Å². The number of hydrogen-bond acceptors (Lipinski definition) is 8. The van der Waals surface area contributed by atoms with Crippen molar-refractivity contribution in [1.82, 2.24) is 4.72 Å². The van der Waals surface area contributed by atoms with E-state index in [0.717, 1.165) is 24.8 Å². The number of fused-ring (bicyclic) bond motifs is 2. The summed E-state index contributed by atoms with van der Waals surface area (Å²) in [7, 11) is -9.08. The molecular formula is C34H38N2O8S2. The van der Waals surface area contributed by atoms with Gasteiger partial charge in [-0.15, -0.1) is 0 Å². The molecule has 0 bridgehead atoms. The Morgan fingerprint density at radius 1 is 0.957 bits per heavy atom. The minimum Gasteiger partial charge on any atom is -0.459 e. The second-order valence-corrected chi connectivity index (χ2v) is 14.7. The smallest absolute Gasteiger partial charge is 0.333 e. The Balaban J connectivity index is 1.54. The third kappa shape index (κ3) is 6.90. The van der Waals surface area contributed by atoms with Gasteiger partial charge in [-0.25, -0.2) is 17.9 Å². The van der Waals surface area contributed by atoms with Gasteiger partial charge in [0, 0.05) is 58.4 Å². The van der Waals surface area contributed by atoms with E-state index >= 15 is 0 Å². The van der Waals surface area contributed by atoms with Crippen molar-refractivity contribution in [3.8, 4) is 11.5 Å². The Morgan fingerprint density at radius 2 is 1.63 bits per heavy atom. The lowest BCUT2D eigenvalue weighted by atomic mass is 9.92. The van der Waals surface area contributed by atoms with Crippen molar-refractivity contribution in [3.05, 3.63) is 88.3 Å². The lowest BCUT2D eigenvalue weighted by Crippen LogP contribution is -2.39. The van der Waals surface area contributed by atoms with Crippen molar-refractivity contribution in [2.24, 2.45) is 0 Å². The third-order valence-corrected chi connectivity index (χ3v) is 10.7. The van der Waals surface area contributed by atoms with E-state index in [1.54, 1.807) is 25.1 Å². The Morgan fingerprint density at radius 3 is 2.26 bits per heavy atom. The summed E-state index contributed by atoms with van der Waals surface area (Å²) in [5, 5.41) is 1.25. The molecule has 12 heteroatoms. The normalized spacial score (nSPS) is 17.8. The second-order valence-electron chi connectivity index (χ2n) is 11.6. The summed E-state index contributed by atoms with van der Waals surface area (Å²) < 4.78 is 77.5. The van der Waals surface area contributed by atoms with Gasteiger partial charge in [0.1, 0.15) is 22.5 Å². The van der Waals surface area contributed by atoms with Crippen LogP contribution in [0.1, 0.15) is 57.6 Å². The molecule has 3 aromatic carbocycles. The van der Waals surface area contributed by atoms with E-state index < -0.39 is 37.0 Å². The van der Waals surface area contributed by atoms with E-state index in [-0.39, 0.29) is 16.6 Å². The highest BCUT2D eigenvalue weighted by Crippen LogP contribution is 2.40. The molecule has 2 N–H and O–H groups in total. The molecule has 0 radical (unpaired) electrons. The molecular weight excluding hydrogens is 629 g/mol. The quantitative estimate of drug-likeness (QED) is 0.145. The summed E-state index contributed by atoms with van der Waals surface area (Å²) in [4.78, 5) is 13.2. The van der Waals surface area contributed by atoms with Crippen LogP contribution in [0.15, 0.2) is 76.5 Å². The fourth-order valence-electron chi connectivity index (χ4n) is 5.93. The number of sulfonamides is 1. The first-order valence-corrected chi connectivity index (χ1v) is 18.1. The van der Waals surface area contributed by atoms with Crippen LogP contribution in [-0.4, -0.2) is 52.6 Å². The molecule has 0 unspecified atom stereocenters. The van der Waals surface area contributed by atoms with Crippen molar-refractivity contribution in [2.75, 3.05) is 18.0 Å². The average molecular weight is 667 g/mol. The number of rotatable bonds is 10. The molecule has 5 rings (SSSR count). The van der Waals surface area contributed by atoms with Crippen LogP contribution in [0.2, 0.25) is 0 Å². The molecule has 10 nitrogen and oxygen atoms in total. The number of carbonyl (C=O) groups is 1. The van der Waals surface area contributed by atoms with Gasteiger partial charge in [-0.2, -0.15) is 8.42 Å². The van der Waals surface area contributed by atoms with Crippen LogP contribution in [0.4, 0.5) is 5.69 Å². The van der Waals surface area contributed by atoms with Crippen molar-refractivity contribution in [1.29, 1.82) is 0 Å². The van der Waals surface area contributed by atoms with Crippen LogP contribution >= 0.6 is 0 Å². The fourth-order valence-corrected chi connectivity index (χ4v) is 8.06. The Bertz CT molecular complexity index is 2030. The fraction of sp³-hybridized carbons (Fsp3) is 0.324. The van der Waals surface area contributed by atoms with E-state index in [4.69, 9.17) is 9.47 Å². The number of anilines is 1. The molecule has 0 saturated heterocycles. The minimum atomic E-state index is -4.90. The van der Waals surface area contributed by atoms with Gasteiger partial charge in [-0.05, 0) is 82.0 Å².